The van der Waals surface area contributed by atoms with E-state index < -0.39 is 0 Å². The van der Waals surface area contributed by atoms with Crippen molar-refractivity contribution in [1.29, 1.82) is 0 Å². The molecule has 2 aromatic carbocycles. The number of anilines is 1. The molecule has 0 aliphatic rings. The summed E-state index contributed by atoms with van der Waals surface area (Å²) < 4.78 is 21.7. The van der Waals surface area contributed by atoms with Gasteiger partial charge in [-0.15, -0.1) is 24.0 Å². The van der Waals surface area contributed by atoms with Crippen molar-refractivity contribution in [2.24, 2.45) is 4.99 Å². The standard InChI is InChI=1S/C22H31N3O4.HI/c1-5-28-20-11-10-18(15-21(20)27-4)25-22(23-2)24-16-17-8-6-9-19(14-17)29-13-7-12-26-3;/h6,8-11,14-15H,5,7,12-13,16H2,1-4H3,(H2,23,24,25);1H. The Morgan fingerprint density at radius 1 is 1.00 bits per heavy atom. The van der Waals surface area contributed by atoms with Crippen LogP contribution in [0.1, 0.15) is 18.9 Å². The number of ether oxygens (including phenoxy) is 4. The molecule has 0 unspecified atom stereocenters. The van der Waals surface area contributed by atoms with Gasteiger partial charge < -0.3 is 29.6 Å². The number of nitrogens with one attached hydrogen (secondary N) is 2. The Morgan fingerprint density at radius 3 is 2.53 bits per heavy atom. The molecule has 0 aromatic heterocycles. The van der Waals surface area contributed by atoms with Crippen molar-refractivity contribution in [1.82, 2.24) is 5.32 Å². The van der Waals surface area contributed by atoms with Gasteiger partial charge in [-0.2, -0.15) is 0 Å². The molecular weight excluding hydrogens is 497 g/mol. The molecule has 7 nitrogen and oxygen atoms in total. The minimum atomic E-state index is 0. The summed E-state index contributed by atoms with van der Waals surface area (Å²) in [5.41, 5.74) is 1.95. The summed E-state index contributed by atoms with van der Waals surface area (Å²) in [5.74, 6) is 2.89. The number of nitrogens with zero attached hydrogens (tertiary/aromatic N) is 1. The van der Waals surface area contributed by atoms with Crippen LogP contribution in [0, 0.1) is 0 Å². The molecular formula is C22H32IN3O4. The van der Waals surface area contributed by atoms with Crippen LogP contribution in [0.25, 0.3) is 0 Å². The molecule has 0 aliphatic heterocycles. The fraction of sp³-hybridized carbons (Fsp3) is 0.409. The van der Waals surface area contributed by atoms with Crippen molar-refractivity contribution < 1.29 is 18.9 Å². The third kappa shape index (κ3) is 8.66. The smallest absolute Gasteiger partial charge is 0.195 e. The zero-order chi connectivity index (χ0) is 20.9. The minimum Gasteiger partial charge on any atom is -0.493 e. The van der Waals surface area contributed by atoms with E-state index in [0.29, 0.717) is 43.8 Å². The molecule has 0 saturated heterocycles. The highest BCUT2D eigenvalue weighted by Crippen LogP contribution is 2.30. The fourth-order valence-corrected chi connectivity index (χ4v) is 2.66. The van der Waals surface area contributed by atoms with E-state index in [1.54, 1.807) is 21.3 Å². The quantitative estimate of drug-likeness (QED) is 0.196. The van der Waals surface area contributed by atoms with Gasteiger partial charge in [-0.3, -0.25) is 4.99 Å². The number of methoxy groups -OCH3 is 2. The zero-order valence-electron chi connectivity index (χ0n) is 18.1. The van der Waals surface area contributed by atoms with E-state index in [0.717, 1.165) is 23.4 Å². The molecule has 2 N–H and O–H groups in total. The molecule has 166 valence electrons. The predicted molar refractivity (Wildman–Crippen MR) is 132 cm³/mol. The Bertz CT molecular complexity index is 787. The molecule has 2 aromatic rings. The first kappa shape index (κ1) is 25.8. The number of halogens is 1. The molecule has 2 rings (SSSR count). The Morgan fingerprint density at radius 2 is 1.83 bits per heavy atom. The van der Waals surface area contributed by atoms with Crippen molar-refractivity contribution in [3.05, 3.63) is 48.0 Å². The van der Waals surface area contributed by atoms with Gasteiger partial charge in [0.25, 0.3) is 0 Å². The molecule has 0 bridgehead atoms. The van der Waals surface area contributed by atoms with Crippen LogP contribution in [0.2, 0.25) is 0 Å². The molecule has 30 heavy (non-hydrogen) atoms. The maximum absolute atomic E-state index is 5.75. The third-order valence-corrected chi connectivity index (χ3v) is 4.07. The highest BCUT2D eigenvalue weighted by atomic mass is 127. The molecule has 0 spiro atoms. The van der Waals surface area contributed by atoms with Gasteiger partial charge >= 0.3 is 0 Å². The number of rotatable bonds is 11. The molecule has 0 saturated carbocycles. The van der Waals surface area contributed by atoms with E-state index in [-0.39, 0.29) is 24.0 Å². The summed E-state index contributed by atoms with van der Waals surface area (Å²) in [7, 11) is 5.05. The normalized spacial score (nSPS) is 10.7. The summed E-state index contributed by atoms with van der Waals surface area (Å²) in [6, 6.07) is 13.7. The summed E-state index contributed by atoms with van der Waals surface area (Å²) in [4.78, 5) is 4.28. The fourth-order valence-electron chi connectivity index (χ4n) is 2.66. The largest absolute Gasteiger partial charge is 0.493 e. The van der Waals surface area contributed by atoms with Crippen LogP contribution < -0.4 is 24.8 Å². The van der Waals surface area contributed by atoms with Crippen LogP contribution in [0.4, 0.5) is 5.69 Å². The van der Waals surface area contributed by atoms with Crippen LogP contribution in [-0.2, 0) is 11.3 Å². The van der Waals surface area contributed by atoms with Gasteiger partial charge in [-0.25, -0.2) is 0 Å². The Kier molecular flexibility index (Phi) is 12.7. The van der Waals surface area contributed by atoms with E-state index in [4.69, 9.17) is 18.9 Å². The van der Waals surface area contributed by atoms with Crippen LogP contribution >= 0.6 is 24.0 Å². The number of hydrogen-bond donors (Lipinski definition) is 2. The highest BCUT2D eigenvalue weighted by Gasteiger charge is 2.07. The van der Waals surface area contributed by atoms with E-state index in [1.807, 2.05) is 49.4 Å². The maximum Gasteiger partial charge on any atom is 0.195 e. The predicted octanol–water partition coefficient (Wildman–Crippen LogP) is 4.31. The second kappa shape index (κ2) is 14.7. The van der Waals surface area contributed by atoms with Gasteiger partial charge in [0.1, 0.15) is 5.75 Å². The third-order valence-electron chi connectivity index (χ3n) is 4.07. The lowest BCUT2D eigenvalue weighted by atomic mass is 10.2. The van der Waals surface area contributed by atoms with E-state index in [2.05, 4.69) is 15.6 Å². The molecule has 0 amide bonds. The maximum atomic E-state index is 5.75. The Labute approximate surface area is 196 Å². The number of aliphatic imine (C=N–C) groups is 1. The molecule has 0 atom stereocenters. The van der Waals surface area contributed by atoms with Gasteiger partial charge in [-0.1, -0.05) is 12.1 Å². The number of benzene rings is 2. The van der Waals surface area contributed by atoms with E-state index in [1.165, 1.54) is 0 Å². The van der Waals surface area contributed by atoms with Crippen LogP contribution in [0.15, 0.2) is 47.5 Å². The first-order valence-corrected chi connectivity index (χ1v) is 9.69. The second-order valence-electron chi connectivity index (χ2n) is 6.19. The lowest BCUT2D eigenvalue weighted by Crippen LogP contribution is -2.30. The Balaban J connectivity index is 0.00000450. The lowest BCUT2D eigenvalue weighted by Gasteiger charge is -2.15. The van der Waals surface area contributed by atoms with Gasteiger partial charge in [-0.05, 0) is 36.8 Å². The summed E-state index contributed by atoms with van der Waals surface area (Å²) in [6.45, 7) is 4.47. The van der Waals surface area contributed by atoms with Gasteiger partial charge in [0.15, 0.2) is 17.5 Å². The first-order chi connectivity index (χ1) is 14.2. The highest BCUT2D eigenvalue weighted by molar-refractivity contribution is 14.0. The average molecular weight is 529 g/mol. The van der Waals surface area contributed by atoms with Crippen molar-refractivity contribution >= 4 is 35.6 Å². The topological polar surface area (TPSA) is 73.3 Å². The molecule has 8 heteroatoms. The summed E-state index contributed by atoms with van der Waals surface area (Å²) in [6.07, 6.45) is 0.862. The van der Waals surface area contributed by atoms with Crippen molar-refractivity contribution in [2.75, 3.05) is 46.4 Å². The second-order valence-corrected chi connectivity index (χ2v) is 6.19. The molecule has 0 heterocycles. The first-order valence-electron chi connectivity index (χ1n) is 9.69. The molecule has 0 fully saturated rings. The average Bonchev–Trinajstić information content (AvgIpc) is 2.75. The minimum absolute atomic E-state index is 0. The Hall–Kier alpha value is -2.20. The van der Waals surface area contributed by atoms with Crippen molar-refractivity contribution in [2.45, 2.75) is 19.9 Å². The van der Waals surface area contributed by atoms with Crippen molar-refractivity contribution in [3.63, 3.8) is 0 Å². The molecule has 0 radical (unpaired) electrons. The van der Waals surface area contributed by atoms with E-state index >= 15 is 0 Å². The van der Waals surface area contributed by atoms with Crippen molar-refractivity contribution in [3.8, 4) is 17.2 Å². The zero-order valence-corrected chi connectivity index (χ0v) is 20.4. The SMILES string of the molecule is CCOc1ccc(NC(=NC)NCc2cccc(OCCCOC)c2)cc1OC.I. The van der Waals surface area contributed by atoms with Gasteiger partial charge in [0.2, 0.25) is 0 Å². The monoisotopic (exact) mass is 529 g/mol. The van der Waals surface area contributed by atoms with Crippen LogP contribution in [0.3, 0.4) is 0 Å². The molecule has 0 aliphatic carbocycles. The number of guanidine groups is 1. The van der Waals surface area contributed by atoms with E-state index in [9.17, 15) is 0 Å². The van der Waals surface area contributed by atoms with Gasteiger partial charge in [0.05, 0.1) is 20.3 Å². The van der Waals surface area contributed by atoms with Gasteiger partial charge in [0, 0.05) is 45.5 Å². The van der Waals surface area contributed by atoms with Crippen LogP contribution in [0.5, 0.6) is 17.2 Å². The number of hydrogen-bond acceptors (Lipinski definition) is 5. The lowest BCUT2D eigenvalue weighted by molar-refractivity contribution is 0.172. The van der Waals surface area contributed by atoms with Crippen LogP contribution in [-0.4, -0.2) is 47.0 Å². The summed E-state index contributed by atoms with van der Waals surface area (Å²) in [5, 5.41) is 6.57. The summed E-state index contributed by atoms with van der Waals surface area (Å²) >= 11 is 0.